The molecule has 3 aliphatic heterocycles. The molecule has 3 aliphatic rings. The number of aliphatic hydroxyl groups excluding tert-OH is 1. The van der Waals surface area contributed by atoms with Gasteiger partial charge >= 0.3 is 0 Å². The Morgan fingerprint density at radius 1 is 1.12 bits per heavy atom. The molecule has 2 unspecified atom stereocenters. The summed E-state index contributed by atoms with van der Waals surface area (Å²) in [7, 11) is 1.72. The standard InChI is InChI=1S/C33H55N3O5/c1-12-17-34(11)27(38)24-25-28(39)36(23(20-37)19-22(4)5)26(33(25)16-15-32(24,14-3)41-33)29(40)35(18-13-2)31(9,10)21-30(6,7)8/h12-13,22-26,37H,1-2,14-21H2,3-11H3/t23-,24+,25+,26?,32-,33?/m1/s1. The summed E-state index contributed by atoms with van der Waals surface area (Å²) >= 11 is 0. The number of nitrogens with zero attached hydrogens (tertiary/aromatic N) is 3. The second-order valence-corrected chi connectivity index (χ2v) is 14.8. The summed E-state index contributed by atoms with van der Waals surface area (Å²) in [4.78, 5) is 48.7. The van der Waals surface area contributed by atoms with E-state index in [2.05, 4.69) is 47.8 Å². The van der Waals surface area contributed by atoms with E-state index in [1.54, 1.807) is 29.0 Å². The van der Waals surface area contributed by atoms with Gasteiger partial charge < -0.3 is 24.5 Å². The fourth-order valence-corrected chi connectivity index (χ4v) is 8.35. The fraction of sp³-hybridized carbons (Fsp3) is 0.788. The van der Waals surface area contributed by atoms with Gasteiger partial charge in [-0.05, 0) is 57.3 Å². The van der Waals surface area contributed by atoms with Crippen molar-refractivity contribution in [2.24, 2.45) is 23.2 Å². The first kappa shape index (κ1) is 33.3. The van der Waals surface area contributed by atoms with E-state index in [0.29, 0.717) is 38.8 Å². The lowest BCUT2D eigenvalue weighted by molar-refractivity contribution is -0.161. The van der Waals surface area contributed by atoms with E-state index in [4.69, 9.17) is 4.74 Å². The molecule has 3 saturated heterocycles. The molecule has 0 aliphatic carbocycles. The van der Waals surface area contributed by atoms with Crippen LogP contribution in [0.1, 0.15) is 87.5 Å². The molecule has 1 spiro atoms. The number of aliphatic hydroxyl groups is 1. The van der Waals surface area contributed by atoms with Gasteiger partial charge in [-0.3, -0.25) is 14.4 Å². The van der Waals surface area contributed by atoms with Crippen molar-refractivity contribution in [3.8, 4) is 0 Å². The first-order valence-electron chi connectivity index (χ1n) is 15.4. The lowest BCUT2D eigenvalue weighted by atomic mass is 9.64. The van der Waals surface area contributed by atoms with E-state index in [1.807, 2.05) is 25.7 Å². The summed E-state index contributed by atoms with van der Waals surface area (Å²) in [6, 6.07) is -1.50. The van der Waals surface area contributed by atoms with Gasteiger partial charge in [0.25, 0.3) is 0 Å². The third-order valence-electron chi connectivity index (χ3n) is 9.52. The molecule has 0 saturated carbocycles. The molecule has 232 valence electrons. The number of likely N-dealkylation sites (N-methyl/N-ethyl adjacent to an activating group) is 1. The van der Waals surface area contributed by atoms with Crippen LogP contribution in [-0.4, -0.2) is 93.1 Å². The molecule has 41 heavy (non-hydrogen) atoms. The summed E-state index contributed by atoms with van der Waals surface area (Å²) in [5.74, 6) is -1.91. The minimum atomic E-state index is -1.14. The lowest BCUT2D eigenvalue weighted by Crippen LogP contribution is -2.62. The number of ether oxygens (including phenoxy) is 1. The maximum absolute atomic E-state index is 15.0. The first-order chi connectivity index (χ1) is 19.0. The highest BCUT2D eigenvalue weighted by Crippen LogP contribution is 2.65. The van der Waals surface area contributed by atoms with Gasteiger partial charge in [-0.2, -0.15) is 0 Å². The van der Waals surface area contributed by atoms with E-state index >= 15 is 0 Å². The summed E-state index contributed by atoms with van der Waals surface area (Å²) in [5, 5.41) is 10.6. The van der Waals surface area contributed by atoms with Crippen LogP contribution < -0.4 is 0 Å². The van der Waals surface area contributed by atoms with Crippen LogP contribution in [0.3, 0.4) is 0 Å². The van der Waals surface area contributed by atoms with Crippen LogP contribution in [0, 0.1) is 23.2 Å². The molecule has 3 fully saturated rings. The number of rotatable bonds is 13. The Labute approximate surface area is 248 Å². The second-order valence-electron chi connectivity index (χ2n) is 14.8. The van der Waals surface area contributed by atoms with Crippen molar-refractivity contribution in [1.82, 2.24) is 14.7 Å². The number of carbonyl (C=O) groups is 3. The fourth-order valence-electron chi connectivity index (χ4n) is 8.35. The van der Waals surface area contributed by atoms with Crippen LogP contribution in [0.4, 0.5) is 0 Å². The van der Waals surface area contributed by atoms with Crippen molar-refractivity contribution in [1.29, 1.82) is 0 Å². The largest absolute Gasteiger partial charge is 0.394 e. The summed E-state index contributed by atoms with van der Waals surface area (Å²) in [5.41, 5.74) is -2.55. The van der Waals surface area contributed by atoms with Gasteiger partial charge in [-0.25, -0.2) is 0 Å². The van der Waals surface area contributed by atoms with Crippen molar-refractivity contribution >= 4 is 17.7 Å². The number of amides is 3. The van der Waals surface area contributed by atoms with Gasteiger partial charge in [-0.1, -0.05) is 53.7 Å². The average molecular weight is 574 g/mol. The Bertz CT molecular complexity index is 1030. The van der Waals surface area contributed by atoms with Crippen LogP contribution in [0.15, 0.2) is 25.3 Å². The number of fused-ring (bicyclic) bond motifs is 1. The van der Waals surface area contributed by atoms with Gasteiger partial charge in [-0.15, -0.1) is 13.2 Å². The molecule has 0 aromatic carbocycles. The van der Waals surface area contributed by atoms with Gasteiger partial charge in [0.05, 0.1) is 30.1 Å². The van der Waals surface area contributed by atoms with Gasteiger partial charge in [0.1, 0.15) is 11.6 Å². The molecule has 0 aromatic rings. The van der Waals surface area contributed by atoms with E-state index < -0.39 is 40.7 Å². The Morgan fingerprint density at radius 2 is 1.73 bits per heavy atom. The van der Waals surface area contributed by atoms with Crippen LogP contribution >= 0.6 is 0 Å². The second kappa shape index (κ2) is 11.8. The van der Waals surface area contributed by atoms with Crippen LogP contribution in [0.5, 0.6) is 0 Å². The molecular formula is C33H55N3O5. The summed E-state index contributed by atoms with van der Waals surface area (Å²) in [6.07, 6.45) is 6.36. The predicted molar refractivity (Wildman–Crippen MR) is 162 cm³/mol. The number of hydrogen-bond donors (Lipinski definition) is 1. The molecule has 8 nitrogen and oxygen atoms in total. The van der Waals surface area contributed by atoms with E-state index in [1.165, 1.54) is 0 Å². The normalized spacial score (nSPS) is 30.0. The highest BCUT2D eigenvalue weighted by atomic mass is 16.5. The predicted octanol–water partition coefficient (Wildman–Crippen LogP) is 4.42. The number of carbonyl (C=O) groups excluding carboxylic acids is 3. The molecule has 8 heteroatoms. The Balaban J connectivity index is 2.22. The molecule has 2 bridgehead atoms. The zero-order valence-corrected chi connectivity index (χ0v) is 27.0. The summed E-state index contributed by atoms with van der Waals surface area (Å²) in [6.45, 7) is 24.8. The molecular weight excluding hydrogens is 518 g/mol. The maximum atomic E-state index is 15.0. The van der Waals surface area contributed by atoms with Crippen LogP contribution in [0.2, 0.25) is 0 Å². The van der Waals surface area contributed by atoms with E-state index in [-0.39, 0.29) is 35.7 Å². The number of hydrogen-bond acceptors (Lipinski definition) is 5. The highest BCUT2D eigenvalue weighted by molar-refractivity contribution is 5.99. The SMILES string of the molecule is C=CCN(C)C(=O)[C@@H]1[C@H]2C(=O)N([C@@H](CO)CC(C)C)C(C(=O)N(CC=C)C(C)(C)CC(C)(C)C)C23CC[C@@]1(CC)O3. The Kier molecular flexibility index (Phi) is 9.61. The van der Waals surface area contributed by atoms with Gasteiger partial charge in [0, 0.05) is 25.7 Å². The third-order valence-corrected chi connectivity index (χ3v) is 9.52. The molecule has 1 N–H and O–H groups in total. The minimum absolute atomic E-state index is 0.0533. The smallest absolute Gasteiger partial charge is 0.249 e. The van der Waals surface area contributed by atoms with Gasteiger partial charge in [0.15, 0.2) is 0 Å². The zero-order chi connectivity index (χ0) is 31.1. The molecule has 0 aromatic heterocycles. The molecule has 6 atom stereocenters. The van der Waals surface area contributed by atoms with Crippen molar-refractivity contribution in [2.45, 2.75) is 116 Å². The zero-order valence-electron chi connectivity index (χ0n) is 27.0. The molecule has 0 radical (unpaired) electrons. The van der Waals surface area contributed by atoms with E-state index in [0.717, 1.165) is 6.42 Å². The quantitative estimate of drug-likeness (QED) is 0.330. The van der Waals surface area contributed by atoms with Crippen LogP contribution in [0.25, 0.3) is 0 Å². The molecule has 3 rings (SSSR count). The first-order valence-corrected chi connectivity index (χ1v) is 15.4. The van der Waals surface area contributed by atoms with E-state index in [9.17, 15) is 19.5 Å². The van der Waals surface area contributed by atoms with Crippen molar-refractivity contribution < 1.29 is 24.2 Å². The van der Waals surface area contributed by atoms with Crippen molar-refractivity contribution in [2.75, 3.05) is 26.7 Å². The minimum Gasteiger partial charge on any atom is -0.394 e. The average Bonchev–Trinajstić information content (AvgIpc) is 3.47. The summed E-state index contributed by atoms with van der Waals surface area (Å²) < 4.78 is 6.97. The Morgan fingerprint density at radius 3 is 2.22 bits per heavy atom. The number of likely N-dealkylation sites (tertiary alicyclic amines) is 1. The Hall–Kier alpha value is -2.19. The topological polar surface area (TPSA) is 90.4 Å². The maximum Gasteiger partial charge on any atom is 0.249 e. The third kappa shape index (κ3) is 5.75. The molecule has 3 heterocycles. The van der Waals surface area contributed by atoms with Crippen molar-refractivity contribution in [3.05, 3.63) is 25.3 Å². The monoisotopic (exact) mass is 573 g/mol. The molecule has 3 amide bonds. The van der Waals surface area contributed by atoms with Crippen molar-refractivity contribution in [3.63, 3.8) is 0 Å². The lowest BCUT2D eigenvalue weighted by Gasteiger charge is -2.46. The highest BCUT2D eigenvalue weighted by Gasteiger charge is 2.79. The van der Waals surface area contributed by atoms with Gasteiger partial charge in [0.2, 0.25) is 17.7 Å². The van der Waals surface area contributed by atoms with Crippen LogP contribution in [-0.2, 0) is 19.1 Å².